The fraction of sp³-hybridized carbons (Fsp3) is 0.381. The number of thiophene rings is 2. The predicted molar refractivity (Wildman–Crippen MR) is 119 cm³/mol. The van der Waals surface area contributed by atoms with Crippen LogP contribution in [0.4, 0.5) is 0 Å². The van der Waals surface area contributed by atoms with Crippen LogP contribution in [-0.4, -0.2) is 49.2 Å². The third-order valence-corrected chi connectivity index (χ3v) is 7.31. The van der Waals surface area contributed by atoms with Crippen LogP contribution in [0.1, 0.15) is 21.4 Å². The lowest BCUT2D eigenvalue weighted by Gasteiger charge is -2.27. The van der Waals surface area contributed by atoms with Gasteiger partial charge in [-0.15, -0.1) is 22.7 Å². The monoisotopic (exact) mass is 414 g/mol. The molecule has 1 unspecified atom stereocenters. The van der Waals surface area contributed by atoms with E-state index in [1.165, 1.54) is 20.5 Å². The molecule has 3 heterocycles. The first-order valence-electron chi connectivity index (χ1n) is 9.61. The predicted octanol–water partition coefficient (Wildman–Crippen LogP) is 3.22. The molecule has 148 valence electrons. The summed E-state index contributed by atoms with van der Waals surface area (Å²) < 4.78 is 1.20. The van der Waals surface area contributed by atoms with Crippen LogP contribution in [0.15, 0.2) is 46.8 Å². The molecular formula is C21H26N4OS2. The fourth-order valence-electron chi connectivity index (χ4n) is 3.51. The highest BCUT2D eigenvalue weighted by molar-refractivity contribution is 7.19. The Morgan fingerprint density at radius 2 is 2.18 bits per heavy atom. The third kappa shape index (κ3) is 4.55. The van der Waals surface area contributed by atoms with Gasteiger partial charge < -0.3 is 15.7 Å². The van der Waals surface area contributed by atoms with Crippen LogP contribution in [0.2, 0.25) is 0 Å². The minimum atomic E-state index is -0.546. The summed E-state index contributed by atoms with van der Waals surface area (Å²) in [5.74, 6) is 0.730. The van der Waals surface area contributed by atoms with E-state index in [9.17, 15) is 5.11 Å². The van der Waals surface area contributed by atoms with Crippen molar-refractivity contribution in [3.05, 3.63) is 57.1 Å². The Labute approximate surface area is 173 Å². The Hall–Kier alpha value is -1.93. The molecular weight excluding hydrogens is 388 g/mol. The number of benzene rings is 1. The third-order valence-electron chi connectivity index (χ3n) is 5.07. The highest BCUT2D eigenvalue weighted by Gasteiger charge is 2.17. The number of nitrogens with one attached hydrogen (secondary N) is 2. The fourth-order valence-corrected chi connectivity index (χ4v) is 5.45. The lowest BCUT2D eigenvalue weighted by Crippen LogP contribution is -2.43. The van der Waals surface area contributed by atoms with Gasteiger partial charge >= 0.3 is 0 Å². The number of guanidine groups is 1. The molecule has 4 rings (SSSR count). The molecule has 0 saturated heterocycles. The second kappa shape index (κ2) is 9.05. The van der Waals surface area contributed by atoms with Crippen molar-refractivity contribution in [2.24, 2.45) is 4.99 Å². The average Bonchev–Trinajstić information content (AvgIpc) is 3.36. The van der Waals surface area contributed by atoms with Gasteiger partial charge in [0, 0.05) is 54.2 Å². The molecule has 28 heavy (non-hydrogen) atoms. The molecule has 2 aromatic heterocycles. The number of hydrogen-bond acceptors (Lipinski definition) is 5. The van der Waals surface area contributed by atoms with Gasteiger partial charge in [0.05, 0.1) is 0 Å². The van der Waals surface area contributed by atoms with Gasteiger partial charge in [0.2, 0.25) is 0 Å². The van der Waals surface area contributed by atoms with Gasteiger partial charge in [-0.2, -0.15) is 0 Å². The Morgan fingerprint density at radius 1 is 1.29 bits per heavy atom. The van der Waals surface area contributed by atoms with Gasteiger partial charge in [0.15, 0.2) is 5.96 Å². The first-order valence-corrected chi connectivity index (χ1v) is 11.3. The number of aliphatic hydroxyl groups excluding tert-OH is 1. The lowest BCUT2D eigenvalue weighted by atomic mass is 10.1. The Balaban J connectivity index is 1.22. The summed E-state index contributed by atoms with van der Waals surface area (Å²) >= 11 is 3.51. The van der Waals surface area contributed by atoms with Gasteiger partial charge in [-0.25, -0.2) is 0 Å². The molecule has 1 atom stereocenters. The largest absolute Gasteiger partial charge is 0.386 e. The normalized spacial score (nSPS) is 16.1. The zero-order chi connectivity index (χ0) is 19.3. The van der Waals surface area contributed by atoms with E-state index in [0.29, 0.717) is 6.54 Å². The van der Waals surface area contributed by atoms with Crippen molar-refractivity contribution in [3.63, 3.8) is 0 Å². The number of aliphatic imine (C=N–C) groups is 1. The van der Waals surface area contributed by atoms with Gasteiger partial charge in [0.25, 0.3) is 0 Å². The first-order chi connectivity index (χ1) is 13.7. The maximum absolute atomic E-state index is 10.5. The van der Waals surface area contributed by atoms with E-state index in [4.69, 9.17) is 0 Å². The van der Waals surface area contributed by atoms with E-state index in [2.05, 4.69) is 50.2 Å². The topological polar surface area (TPSA) is 59.9 Å². The molecule has 7 heteroatoms. The second-order valence-electron chi connectivity index (χ2n) is 6.98. The van der Waals surface area contributed by atoms with Crippen molar-refractivity contribution in [1.82, 2.24) is 15.5 Å². The minimum absolute atomic E-state index is 0.439. The quantitative estimate of drug-likeness (QED) is 0.428. The van der Waals surface area contributed by atoms with Crippen molar-refractivity contribution in [2.45, 2.75) is 19.1 Å². The molecule has 0 saturated carbocycles. The maximum Gasteiger partial charge on any atom is 0.191 e. The number of fused-ring (bicyclic) bond motifs is 2. The van der Waals surface area contributed by atoms with Crippen LogP contribution in [0, 0.1) is 0 Å². The molecule has 3 aromatic rings. The number of nitrogens with zero attached hydrogens (tertiary/aromatic N) is 2. The van der Waals surface area contributed by atoms with E-state index in [1.54, 1.807) is 18.4 Å². The average molecular weight is 415 g/mol. The molecule has 5 nitrogen and oxygen atoms in total. The summed E-state index contributed by atoms with van der Waals surface area (Å²) in [6.45, 7) is 4.41. The molecule has 1 aromatic carbocycles. The van der Waals surface area contributed by atoms with Gasteiger partial charge in [-0.3, -0.25) is 9.89 Å². The Bertz CT molecular complexity index is 916. The van der Waals surface area contributed by atoms with Crippen molar-refractivity contribution >= 4 is 38.7 Å². The smallest absolute Gasteiger partial charge is 0.191 e. The highest BCUT2D eigenvalue weighted by Crippen LogP contribution is 2.29. The highest BCUT2D eigenvalue weighted by atomic mass is 32.1. The molecule has 1 aliphatic heterocycles. The molecule has 0 spiro atoms. The van der Waals surface area contributed by atoms with Crippen LogP contribution in [0.5, 0.6) is 0 Å². The summed E-state index contributed by atoms with van der Waals surface area (Å²) in [5, 5.41) is 20.5. The zero-order valence-electron chi connectivity index (χ0n) is 16.0. The summed E-state index contributed by atoms with van der Waals surface area (Å²) in [6.07, 6.45) is 0.608. The second-order valence-corrected chi connectivity index (χ2v) is 9.09. The number of rotatable bonds is 6. The minimum Gasteiger partial charge on any atom is -0.386 e. The van der Waals surface area contributed by atoms with Crippen LogP contribution >= 0.6 is 22.7 Å². The van der Waals surface area contributed by atoms with Crippen molar-refractivity contribution in [3.8, 4) is 0 Å². The molecule has 0 fully saturated rings. The first kappa shape index (κ1) is 19.4. The van der Waals surface area contributed by atoms with Gasteiger partial charge in [0.1, 0.15) is 6.10 Å². The molecule has 0 radical (unpaired) electrons. The zero-order valence-corrected chi connectivity index (χ0v) is 17.7. The van der Waals surface area contributed by atoms with Crippen LogP contribution in [-0.2, 0) is 13.0 Å². The Kier molecular flexibility index (Phi) is 6.26. The van der Waals surface area contributed by atoms with Crippen molar-refractivity contribution in [1.29, 1.82) is 0 Å². The SMILES string of the molecule is CN=C(NCCN1CCc2sccc2C1)NCC(O)c1cc2ccccc2s1. The molecule has 0 amide bonds. The number of hydrogen-bond donors (Lipinski definition) is 3. The lowest BCUT2D eigenvalue weighted by molar-refractivity contribution is 0.184. The van der Waals surface area contributed by atoms with Crippen molar-refractivity contribution < 1.29 is 5.11 Å². The van der Waals surface area contributed by atoms with E-state index < -0.39 is 6.10 Å². The van der Waals surface area contributed by atoms with E-state index in [0.717, 1.165) is 43.4 Å². The Morgan fingerprint density at radius 3 is 3.04 bits per heavy atom. The van der Waals surface area contributed by atoms with Gasteiger partial charge in [-0.05, 0) is 40.9 Å². The van der Waals surface area contributed by atoms with Crippen LogP contribution in [0.25, 0.3) is 10.1 Å². The van der Waals surface area contributed by atoms with Crippen LogP contribution in [0.3, 0.4) is 0 Å². The molecule has 1 aliphatic rings. The molecule has 0 bridgehead atoms. The maximum atomic E-state index is 10.5. The summed E-state index contributed by atoms with van der Waals surface area (Å²) in [7, 11) is 1.76. The summed E-state index contributed by atoms with van der Waals surface area (Å²) in [4.78, 5) is 9.26. The van der Waals surface area contributed by atoms with E-state index >= 15 is 0 Å². The van der Waals surface area contributed by atoms with Crippen molar-refractivity contribution in [2.75, 3.05) is 33.2 Å². The standard InChI is InChI=1S/C21H26N4OS2/c1-22-21(23-8-10-25-9-6-18-16(14-25)7-11-27-18)24-13-17(26)20-12-15-4-2-3-5-19(15)28-20/h2-5,7,11-12,17,26H,6,8-10,13-14H2,1H3,(H2,22,23,24). The van der Waals surface area contributed by atoms with E-state index in [1.807, 2.05) is 23.5 Å². The molecule has 3 N–H and O–H groups in total. The summed E-state index contributed by atoms with van der Waals surface area (Å²) in [6, 6.07) is 12.5. The summed E-state index contributed by atoms with van der Waals surface area (Å²) in [5.41, 5.74) is 1.48. The number of aliphatic hydroxyl groups is 1. The van der Waals surface area contributed by atoms with Gasteiger partial charge in [-0.1, -0.05) is 18.2 Å². The van der Waals surface area contributed by atoms with E-state index in [-0.39, 0.29) is 0 Å². The van der Waals surface area contributed by atoms with Crippen LogP contribution < -0.4 is 10.6 Å². The molecule has 0 aliphatic carbocycles.